The molecule has 2 N–H and O–H groups in total. The van der Waals surface area contributed by atoms with Crippen molar-refractivity contribution in [1.82, 2.24) is 0 Å². The fourth-order valence-electron chi connectivity index (χ4n) is 1.94. The van der Waals surface area contributed by atoms with Crippen LogP contribution >= 0.6 is 0 Å². The fourth-order valence-corrected chi connectivity index (χ4v) is 1.94. The van der Waals surface area contributed by atoms with Gasteiger partial charge < -0.3 is 5.73 Å². The van der Waals surface area contributed by atoms with Crippen molar-refractivity contribution < 1.29 is 4.39 Å². The molecular formula is C13H18FN. The first-order chi connectivity index (χ1) is 7.00. The van der Waals surface area contributed by atoms with Gasteiger partial charge in [-0.05, 0) is 62.3 Å². The minimum atomic E-state index is -0.0909. The Morgan fingerprint density at radius 2 is 2.00 bits per heavy atom. The Morgan fingerprint density at radius 3 is 2.60 bits per heavy atom. The topological polar surface area (TPSA) is 26.0 Å². The van der Waals surface area contributed by atoms with Gasteiger partial charge in [0.2, 0.25) is 0 Å². The lowest BCUT2D eigenvalue weighted by atomic mass is 9.98. The SMILES string of the molecule is Cc1cc(F)c(C)c(CCC2(N)CC2)c1. The Labute approximate surface area is 90.5 Å². The van der Waals surface area contributed by atoms with E-state index in [4.69, 9.17) is 5.73 Å². The second kappa shape index (κ2) is 3.60. The number of rotatable bonds is 3. The minimum absolute atomic E-state index is 0.0622. The molecule has 0 saturated heterocycles. The van der Waals surface area contributed by atoms with E-state index in [0.29, 0.717) is 0 Å². The van der Waals surface area contributed by atoms with E-state index in [1.54, 1.807) is 6.07 Å². The van der Waals surface area contributed by atoms with Gasteiger partial charge in [0.25, 0.3) is 0 Å². The number of hydrogen-bond acceptors (Lipinski definition) is 1. The predicted octanol–water partition coefficient (Wildman–Crippen LogP) is 2.87. The van der Waals surface area contributed by atoms with Gasteiger partial charge >= 0.3 is 0 Å². The van der Waals surface area contributed by atoms with Gasteiger partial charge in [0.05, 0.1) is 0 Å². The lowest BCUT2D eigenvalue weighted by Crippen LogP contribution is -2.22. The van der Waals surface area contributed by atoms with E-state index in [2.05, 4.69) is 6.07 Å². The van der Waals surface area contributed by atoms with Gasteiger partial charge in [0, 0.05) is 5.54 Å². The quantitative estimate of drug-likeness (QED) is 0.810. The van der Waals surface area contributed by atoms with Crippen molar-refractivity contribution in [3.63, 3.8) is 0 Å². The lowest BCUT2D eigenvalue weighted by molar-refractivity contribution is 0.592. The third kappa shape index (κ3) is 2.37. The van der Waals surface area contributed by atoms with Crippen LogP contribution in [0.15, 0.2) is 12.1 Å². The molecule has 0 aromatic heterocycles. The average Bonchev–Trinajstić information content (AvgIpc) is 2.88. The molecule has 1 nitrogen and oxygen atoms in total. The molecule has 0 aliphatic heterocycles. The van der Waals surface area contributed by atoms with Crippen LogP contribution in [-0.4, -0.2) is 5.54 Å². The Kier molecular flexibility index (Phi) is 2.55. The van der Waals surface area contributed by atoms with Crippen molar-refractivity contribution in [2.75, 3.05) is 0 Å². The largest absolute Gasteiger partial charge is 0.325 e. The second-order valence-electron chi connectivity index (χ2n) is 4.89. The normalized spacial score (nSPS) is 17.9. The van der Waals surface area contributed by atoms with Gasteiger partial charge in [-0.3, -0.25) is 0 Å². The summed E-state index contributed by atoms with van der Waals surface area (Å²) in [5, 5.41) is 0. The zero-order chi connectivity index (χ0) is 11.1. The van der Waals surface area contributed by atoms with Crippen molar-refractivity contribution in [3.05, 3.63) is 34.6 Å². The maximum Gasteiger partial charge on any atom is 0.126 e. The fraction of sp³-hybridized carbons (Fsp3) is 0.538. The summed E-state index contributed by atoms with van der Waals surface area (Å²) in [5.74, 6) is -0.0909. The molecule has 1 aromatic rings. The standard InChI is InChI=1S/C13H18FN/c1-9-7-11(10(2)12(14)8-9)3-4-13(15)5-6-13/h7-8H,3-6,15H2,1-2H3. The number of aryl methyl sites for hydroxylation is 2. The molecule has 2 rings (SSSR count). The first kappa shape index (κ1) is 10.6. The van der Waals surface area contributed by atoms with Crippen LogP contribution in [0.4, 0.5) is 4.39 Å². The van der Waals surface area contributed by atoms with Crippen LogP contribution < -0.4 is 5.73 Å². The second-order valence-corrected chi connectivity index (χ2v) is 4.89. The van der Waals surface area contributed by atoms with E-state index in [1.165, 1.54) is 0 Å². The minimum Gasteiger partial charge on any atom is -0.325 e. The number of nitrogens with two attached hydrogens (primary N) is 1. The molecule has 0 bridgehead atoms. The van der Waals surface area contributed by atoms with Gasteiger partial charge in [-0.2, -0.15) is 0 Å². The number of hydrogen-bond donors (Lipinski definition) is 1. The highest BCUT2D eigenvalue weighted by atomic mass is 19.1. The zero-order valence-corrected chi connectivity index (χ0v) is 9.44. The predicted molar refractivity (Wildman–Crippen MR) is 60.3 cm³/mol. The molecule has 1 saturated carbocycles. The van der Waals surface area contributed by atoms with Gasteiger partial charge in [-0.15, -0.1) is 0 Å². The van der Waals surface area contributed by atoms with Crippen molar-refractivity contribution in [2.45, 2.75) is 45.1 Å². The van der Waals surface area contributed by atoms with Crippen LogP contribution in [0, 0.1) is 19.7 Å². The van der Waals surface area contributed by atoms with E-state index >= 15 is 0 Å². The Bertz CT molecular complexity index is 380. The maximum absolute atomic E-state index is 13.4. The summed E-state index contributed by atoms with van der Waals surface area (Å²) in [4.78, 5) is 0. The van der Waals surface area contributed by atoms with Crippen LogP contribution in [0.2, 0.25) is 0 Å². The number of halogens is 1. The molecule has 1 aliphatic rings. The highest BCUT2D eigenvalue weighted by Gasteiger charge is 2.37. The van der Waals surface area contributed by atoms with Crippen molar-refractivity contribution in [2.24, 2.45) is 5.73 Å². The monoisotopic (exact) mass is 207 g/mol. The van der Waals surface area contributed by atoms with Crippen molar-refractivity contribution >= 4 is 0 Å². The Balaban J connectivity index is 2.13. The first-order valence-corrected chi connectivity index (χ1v) is 5.55. The van der Waals surface area contributed by atoms with Crippen LogP contribution in [0.3, 0.4) is 0 Å². The molecule has 0 heterocycles. The zero-order valence-electron chi connectivity index (χ0n) is 9.44. The summed E-state index contributed by atoms with van der Waals surface area (Å²) < 4.78 is 13.4. The molecule has 1 fully saturated rings. The average molecular weight is 207 g/mol. The van der Waals surface area contributed by atoms with E-state index < -0.39 is 0 Å². The Hall–Kier alpha value is -0.890. The van der Waals surface area contributed by atoms with Gasteiger partial charge in [-0.1, -0.05) is 6.07 Å². The summed E-state index contributed by atoms with van der Waals surface area (Å²) in [7, 11) is 0. The van der Waals surface area contributed by atoms with Crippen LogP contribution in [0.1, 0.15) is 36.0 Å². The van der Waals surface area contributed by atoms with Crippen molar-refractivity contribution in [1.29, 1.82) is 0 Å². The maximum atomic E-state index is 13.4. The highest BCUT2D eigenvalue weighted by Crippen LogP contribution is 2.36. The number of benzene rings is 1. The molecule has 1 aromatic carbocycles. The third-order valence-corrected chi connectivity index (χ3v) is 3.38. The molecule has 0 atom stereocenters. The van der Waals surface area contributed by atoms with Crippen LogP contribution in [0.25, 0.3) is 0 Å². The molecule has 2 heteroatoms. The molecule has 1 aliphatic carbocycles. The van der Waals surface area contributed by atoms with Crippen molar-refractivity contribution in [3.8, 4) is 0 Å². The lowest BCUT2D eigenvalue weighted by Gasteiger charge is -2.11. The van der Waals surface area contributed by atoms with E-state index in [0.717, 1.165) is 42.4 Å². The van der Waals surface area contributed by atoms with Crippen LogP contribution in [-0.2, 0) is 6.42 Å². The van der Waals surface area contributed by atoms with Gasteiger partial charge in [-0.25, -0.2) is 4.39 Å². The smallest absolute Gasteiger partial charge is 0.126 e. The van der Waals surface area contributed by atoms with E-state index in [-0.39, 0.29) is 11.4 Å². The molecule has 0 unspecified atom stereocenters. The molecule has 0 amide bonds. The van der Waals surface area contributed by atoms with E-state index in [9.17, 15) is 4.39 Å². The van der Waals surface area contributed by atoms with Gasteiger partial charge in [0.1, 0.15) is 5.82 Å². The molecule has 0 spiro atoms. The summed E-state index contributed by atoms with van der Waals surface area (Å²) in [6.45, 7) is 3.78. The summed E-state index contributed by atoms with van der Waals surface area (Å²) in [5.41, 5.74) is 8.98. The third-order valence-electron chi connectivity index (χ3n) is 3.38. The Morgan fingerprint density at radius 1 is 1.33 bits per heavy atom. The van der Waals surface area contributed by atoms with Gasteiger partial charge in [0.15, 0.2) is 0 Å². The molecular weight excluding hydrogens is 189 g/mol. The first-order valence-electron chi connectivity index (χ1n) is 5.55. The summed E-state index contributed by atoms with van der Waals surface area (Å²) in [6.07, 6.45) is 4.14. The highest BCUT2D eigenvalue weighted by molar-refractivity contribution is 5.32. The summed E-state index contributed by atoms with van der Waals surface area (Å²) >= 11 is 0. The molecule has 0 radical (unpaired) electrons. The molecule has 15 heavy (non-hydrogen) atoms. The molecule has 82 valence electrons. The van der Waals surface area contributed by atoms with Crippen LogP contribution in [0.5, 0.6) is 0 Å². The summed E-state index contributed by atoms with van der Waals surface area (Å²) in [6, 6.07) is 3.67. The van der Waals surface area contributed by atoms with E-state index in [1.807, 2.05) is 13.8 Å².